The summed E-state index contributed by atoms with van der Waals surface area (Å²) in [5.74, 6) is 0.787. The summed E-state index contributed by atoms with van der Waals surface area (Å²) in [7, 11) is 1.50. The van der Waals surface area contributed by atoms with E-state index in [2.05, 4.69) is 10.3 Å². The normalized spacial score (nSPS) is 10.4. The summed E-state index contributed by atoms with van der Waals surface area (Å²) in [6.45, 7) is 2.49. The van der Waals surface area contributed by atoms with E-state index >= 15 is 0 Å². The van der Waals surface area contributed by atoms with Gasteiger partial charge < -0.3 is 14.6 Å². The molecule has 2 rings (SSSR count). The molecule has 1 heterocycles. The maximum absolute atomic E-state index is 11.4. The summed E-state index contributed by atoms with van der Waals surface area (Å²) in [4.78, 5) is 15.6. The number of methoxy groups -OCH3 is 1. The Hall–Kier alpha value is -2.14. The minimum absolute atomic E-state index is 0.0757. The van der Waals surface area contributed by atoms with E-state index in [9.17, 15) is 4.79 Å². The Morgan fingerprint density at radius 2 is 2.21 bits per heavy atom. The number of rotatable bonds is 5. The number of amides is 1. The lowest BCUT2D eigenvalue weighted by Gasteiger charge is -2.12. The van der Waals surface area contributed by atoms with Crippen LogP contribution in [0, 0.1) is 6.92 Å². The van der Waals surface area contributed by atoms with Crippen molar-refractivity contribution in [2.45, 2.75) is 13.5 Å². The smallest absolute Gasteiger partial charge is 0.246 e. The number of para-hydroxylation sites is 1. The SMILES string of the molecule is COCC(=O)NCc1ccccc1-n1ccnc1C. The maximum Gasteiger partial charge on any atom is 0.246 e. The third-order valence-electron chi connectivity index (χ3n) is 2.83. The highest BCUT2D eigenvalue weighted by molar-refractivity contribution is 5.77. The molecule has 0 spiro atoms. The zero-order chi connectivity index (χ0) is 13.7. The first-order valence-electron chi connectivity index (χ1n) is 6.06. The number of hydrogen-bond donors (Lipinski definition) is 1. The van der Waals surface area contributed by atoms with Crippen LogP contribution < -0.4 is 5.32 Å². The second kappa shape index (κ2) is 6.15. The van der Waals surface area contributed by atoms with E-state index in [1.54, 1.807) is 6.20 Å². The molecule has 0 atom stereocenters. The molecule has 1 amide bonds. The number of aromatic nitrogens is 2. The van der Waals surface area contributed by atoms with Crippen LogP contribution in [0.5, 0.6) is 0 Å². The van der Waals surface area contributed by atoms with Crippen LogP contribution in [-0.4, -0.2) is 29.2 Å². The summed E-state index contributed by atoms with van der Waals surface area (Å²) in [5, 5.41) is 2.82. The average Bonchev–Trinajstić information content (AvgIpc) is 2.83. The van der Waals surface area contributed by atoms with Crippen molar-refractivity contribution in [3.8, 4) is 5.69 Å². The van der Waals surface area contributed by atoms with Crippen molar-refractivity contribution in [2.24, 2.45) is 0 Å². The number of hydrogen-bond acceptors (Lipinski definition) is 3. The van der Waals surface area contributed by atoms with E-state index in [1.165, 1.54) is 7.11 Å². The molecular formula is C14H17N3O2. The fourth-order valence-electron chi connectivity index (χ4n) is 1.90. The fourth-order valence-corrected chi connectivity index (χ4v) is 1.90. The number of nitrogens with one attached hydrogen (secondary N) is 1. The van der Waals surface area contributed by atoms with Gasteiger partial charge in [-0.05, 0) is 18.6 Å². The minimum atomic E-state index is -0.125. The van der Waals surface area contributed by atoms with Crippen molar-refractivity contribution in [1.29, 1.82) is 0 Å². The van der Waals surface area contributed by atoms with E-state index < -0.39 is 0 Å². The molecule has 0 radical (unpaired) electrons. The summed E-state index contributed by atoms with van der Waals surface area (Å²) >= 11 is 0. The highest BCUT2D eigenvalue weighted by Crippen LogP contribution is 2.15. The van der Waals surface area contributed by atoms with E-state index in [-0.39, 0.29) is 12.5 Å². The van der Waals surface area contributed by atoms with Gasteiger partial charge >= 0.3 is 0 Å². The highest BCUT2D eigenvalue weighted by Gasteiger charge is 2.07. The van der Waals surface area contributed by atoms with Gasteiger partial charge in [-0.25, -0.2) is 4.98 Å². The molecule has 5 heteroatoms. The number of carbonyl (C=O) groups excluding carboxylic acids is 1. The molecule has 1 aromatic carbocycles. The van der Waals surface area contributed by atoms with Crippen LogP contribution in [0.2, 0.25) is 0 Å². The van der Waals surface area contributed by atoms with E-state index in [1.807, 2.05) is 42.0 Å². The quantitative estimate of drug-likeness (QED) is 0.884. The van der Waals surface area contributed by atoms with Crippen LogP contribution in [0.4, 0.5) is 0 Å². The van der Waals surface area contributed by atoms with Gasteiger partial charge in [0.1, 0.15) is 12.4 Å². The van der Waals surface area contributed by atoms with Gasteiger partial charge in [0.25, 0.3) is 0 Å². The maximum atomic E-state index is 11.4. The van der Waals surface area contributed by atoms with Crippen molar-refractivity contribution < 1.29 is 9.53 Å². The van der Waals surface area contributed by atoms with Gasteiger partial charge in [-0.15, -0.1) is 0 Å². The molecule has 0 aliphatic rings. The topological polar surface area (TPSA) is 56.1 Å². The molecule has 0 aliphatic heterocycles. The average molecular weight is 259 g/mol. The summed E-state index contributed by atoms with van der Waals surface area (Å²) in [6, 6.07) is 7.91. The molecular weight excluding hydrogens is 242 g/mol. The molecule has 100 valence electrons. The molecule has 1 N–H and O–H groups in total. The molecule has 0 unspecified atom stereocenters. The van der Waals surface area contributed by atoms with Crippen molar-refractivity contribution in [3.63, 3.8) is 0 Å². The largest absolute Gasteiger partial charge is 0.375 e. The molecule has 5 nitrogen and oxygen atoms in total. The molecule has 0 aliphatic carbocycles. The van der Waals surface area contributed by atoms with Crippen LogP contribution >= 0.6 is 0 Å². The Labute approximate surface area is 112 Å². The Kier molecular flexibility index (Phi) is 4.30. The first-order chi connectivity index (χ1) is 9.22. The second-order valence-electron chi connectivity index (χ2n) is 4.18. The number of carbonyl (C=O) groups is 1. The van der Waals surface area contributed by atoms with Gasteiger partial charge in [-0.2, -0.15) is 0 Å². The molecule has 1 aromatic heterocycles. The van der Waals surface area contributed by atoms with Crippen molar-refractivity contribution in [1.82, 2.24) is 14.9 Å². The Morgan fingerprint density at radius 1 is 1.42 bits per heavy atom. The highest BCUT2D eigenvalue weighted by atomic mass is 16.5. The number of aryl methyl sites for hydroxylation is 1. The van der Waals surface area contributed by atoms with Crippen LogP contribution in [0.3, 0.4) is 0 Å². The summed E-state index contributed by atoms with van der Waals surface area (Å²) < 4.78 is 6.78. The molecule has 0 bridgehead atoms. The molecule has 19 heavy (non-hydrogen) atoms. The van der Waals surface area contributed by atoms with Gasteiger partial charge in [-0.1, -0.05) is 18.2 Å². The monoisotopic (exact) mass is 259 g/mol. The standard InChI is InChI=1S/C14H17N3O2/c1-11-15-7-8-17(11)13-6-4-3-5-12(13)9-16-14(18)10-19-2/h3-8H,9-10H2,1-2H3,(H,16,18). The molecule has 0 saturated heterocycles. The van der Waals surface area contributed by atoms with Crippen LogP contribution in [-0.2, 0) is 16.1 Å². The molecule has 0 fully saturated rings. The Bertz CT molecular complexity index is 563. The van der Waals surface area contributed by atoms with Gasteiger partial charge in [-0.3, -0.25) is 4.79 Å². The van der Waals surface area contributed by atoms with Crippen LogP contribution in [0.1, 0.15) is 11.4 Å². The van der Waals surface area contributed by atoms with E-state index in [0.717, 1.165) is 17.1 Å². The Balaban J connectivity index is 2.18. The second-order valence-corrected chi connectivity index (χ2v) is 4.18. The third kappa shape index (κ3) is 3.20. The lowest BCUT2D eigenvalue weighted by Crippen LogP contribution is -2.27. The minimum Gasteiger partial charge on any atom is -0.375 e. The van der Waals surface area contributed by atoms with Crippen molar-refractivity contribution in [3.05, 3.63) is 48.0 Å². The Morgan fingerprint density at radius 3 is 2.89 bits per heavy atom. The fraction of sp³-hybridized carbons (Fsp3) is 0.286. The van der Waals surface area contributed by atoms with Gasteiger partial charge in [0.2, 0.25) is 5.91 Å². The van der Waals surface area contributed by atoms with Gasteiger partial charge in [0.15, 0.2) is 0 Å². The predicted octanol–water partition coefficient (Wildman–Crippen LogP) is 1.44. The van der Waals surface area contributed by atoms with E-state index in [0.29, 0.717) is 6.54 Å². The lowest BCUT2D eigenvalue weighted by atomic mass is 10.1. The molecule has 2 aromatic rings. The number of ether oxygens (including phenoxy) is 1. The summed E-state index contributed by atoms with van der Waals surface area (Å²) in [5.41, 5.74) is 2.06. The first-order valence-corrected chi connectivity index (χ1v) is 6.06. The first kappa shape index (κ1) is 13.3. The number of benzene rings is 1. The number of imidazole rings is 1. The zero-order valence-corrected chi connectivity index (χ0v) is 11.1. The molecule has 0 saturated carbocycles. The van der Waals surface area contributed by atoms with Crippen molar-refractivity contribution in [2.75, 3.05) is 13.7 Å². The van der Waals surface area contributed by atoms with Crippen LogP contribution in [0.25, 0.3) is 5.69 Å². The van der Waals surface area contributed by atoms with E-state index in [4.69, 9.17) is 4.74 Å². The lowest BCUT2D eigenvalue weighted by molar-refractivity contribution is -0.124. The van der Waals surface area contributed by atoms with Gasteiger partial charge in [0.05, 0.1) is 5.69 Å². The zero-order valence-electron chi connectivity index (χ0n) is 11.1. The predicted molar refractivity (Wildman–Crippen MR) is 72.0 cm³/mol. The number of nitrogens with zero attached hydrogens (tertiary/aromatic N) is 2. The van der Waals surface area contributed by atoms with Gasteiger partial charge in [0, 0.05) is 26.0 Å². The summed E-state index contributed by atoms with van der Waals surface area (Å²) in [6.07, 6.45) is 3.67. The van der Waals surface area contributed by atoms with Crippen LogP contribution in [0.15, 0.2) is 36.7 Å². The van der Waals surface area contributed by atoms with Crippen molar-refractivity contribution >= 4 is 5.91 Å². The third-order valence-corrected chi connectivity index (χ3v) is 2.83.